The fraction of sp³-hybridized carbons (Fsp3) is 0.375. The van der Waals surface area contributed by atoms with Gasteiger partial charge >= 0.3 is 0 Å². The number of hydrogen-bond donors (Lipinski definition) is 0. The molecule has 1 spiro atoms. The van der Waals surface area contributed by atoms with E-state index in [4.69, 9.17) is 23.5 Å². The molecule has 2 fully saturated rings. The summed E-state index contributed by atoms with van der Waals surface area (Å²) in [4.78, 5) is 38.2. The average Bonchev–Trinajstić information content (AvgIpc) is 3.03. The molecule has 1 aromatic carbocycles. The molecular weight excluding hydrogens is 457 g/mol. The van der Waals surface area contributed by atoms with Crippen molar-refractivity contribution in [1.29, 1.82) is 0 Å². The highest BCUT2D eigenvalue weighted by atomic mass is 32.1. The molecule has 1 aliphatic carbocycles. The molecule has 176 valence electrons. The lowest BCUT2D eigenvalue weighted by molar-refractivity contribution is -0.123. The number of pyridine rings is 1. The van der Waals surface area contributed by atoms with Gasteiger partial charge in [0.15, 0.2) is 5.11 Å². The SMILES string of the molecule is [C-]#[N+]c1ncc(N2C(=O)C3(CCC3)N(c3ccc(C(=O)N(C)CCOC)c(F)c3)C2=S)cc1C. The Labute approximate surface area is 202 Å². The molecule has 2 aliphatic rings. The summed E-state index contributed by atoms with van der Waals surface area (Å²) in [7, 11) is 3.11. The van der Waals surface area contributed by atoms with Gasteiger partial charge in [-0.15, -0.1) is 4.98 Å². The summed E-state index contributed by atoms with van der Waals surface area (Å²) >= 11 is 5.70. The normalized spacial score (nSPS) is 16.6. The summed E-state index contributed by atoms with van der Waals surface area (Å²) in [5.41, 5.74) is 0.567. The Morgan fingerprint density at radius 2 is 2.09 bits per heavy atom. The van der Waals surface area contributed by atoms with E-state index in [0.29, 0.717) is 42.9 Å². The van der Waals surface area contributed by atoms with Crippen molar-refractivity contribution >= 4 is 46.3 Å². The number of halogens is 1. The van der Waals surface area contributed by atoms with Crippen LogP contribution in [0.2, 0.25) is 0 Å². The smallest absolute Gasteiger partial charge is 0.272 e. The molecule has 4 rings (SSSR count). The third-order valence-corrected chi connectivity index (χ3v) is 6.78. The van der Waals surface area contributed by atoms with Crippen molar-refractivity contribution in [3.63, 3.8) is 0 Å². The average molecular weight is 482 g/mol. The summed E-state index contributed by atoms with van der Waals surface area (Å²) in [6, 6.07) is 6.01. The highest BCUT2D eigenvalue weighted by molar-refractivity contribution is 7.81. The van der Waals surface area contributed by atoms with Crippen molar-refractivity contribution in [2.45, 2.75) is 31.7 Å². The zero-order valence-corrected chi connectivity index (χ0v) is 20.0. The Morgan fingerprint density at radius 1 is 1.35 bits per heavy atom. The number of hydrogen-bond acceptors (Lipinski definition) is 5. The van der Waals surface area contributed by atoms with E-state index >= 15 is 4.39 Å². The van der Waals surface area contributed by atoms with Gasteiger partial charge < -0.3 is 19.4 Å². The first kappa shape index (κ1) is 23.7. The van der Waals surface area contributed by atoms with Crippen molar-refractivity contribution in [1.82, 2.24) is 9.88 Å². The second-order valence-electron chi connectivity index (χ2n) is 8.47. The first-order valence-electron chi connectivity index (χ1n) is 10.8. The maximum absolute atomic E-state index is 15.1. The molecule has 0 bridgehead atoms. The fourth-order valence-corrected chi connectivity index (χ4v) is 4.82. The van der Waals surface area contributed by atoms with Crippen molar-refractivity contribution in [2.24, 2.45) is 0 Å². The second-order valence-corrected chi connectivity index (χ2v) is 8.84. The number of ether oxygens (including phenoxy) is 1. The van der Waals surface area contributed by atoms with Crippen LogP contribution in [-0.2, 0) is 9.53 Å². The predicted octanol–water partition coefficient (Wildman–Crippen LogP) is 3.86. The van der Waals surface area contributed by atoms with Gasteiger partial charge in [0.05, 0.1) is 17.9 Å². The number of rotatable bonds is 6. The summed E-state index contributed by atoms with van der Waals surface area (Å²) < 4.78 is 20.1. The van der Waals surface area contributed by atoms with Crippen LogP contribution in [0.1, 0.15) is 35.2 Å². The minimum atomic E-state index is -0.892. The van der Waals surface area contributed by atoms with Gasteiger partial charge in [0.25, 0.3) is 17.6 Å². The Morgan fingerprint density at radius 3 is 2.65 bits per heavy atom. The number of methoxy groups -OCH3 is 1. The van der Waals surface area contributed by atoms with Gasteiger partial charge in [0.1, 0.15) is 17.6 Å². The third kappa shape index (κ3) is 3.71. The fourth-order valence-electron chi connectivity index (χ4n) is 4.35. The van der Waals surface area contributed by atoms with Gasteiger partial charge in [0.2, 0.25) is 0 Å². The molecular formula is C24H24FN5O3S. The van der Waals surface area contributed by atoms with Gasteiger partial charge in [-0.1, -0.05) is 6.57 Å². The molecule has 8 nitrogen and oxygen atoms in total. The van der Waals surface area contributed by atoms with Crippen molar-refractivity contribution in [3.05, 3.63) is 58.8 Å². The van der Waals surface area contributed by atoms with Gasteiger partial charge in [-0.2, -0.15) is 0 Å². The highest BCUT2D eigenvalue weighted by Crippen LogP contribution is 2.48. The summed E-state index contributed by atoms with van der Waals surface area (Å²) in [5, 5.41) is 0.220. The quantitative estimate of drug-likeness (QED) is 0.461. The number of nitrogens with zero attached hydrogens (tertiary/aromatic N) is 5. The molecule has 1 aliphatic heterocycles. The maximum atomic E-state index is 15.1. The second kappa shape index (κ2) is 9.08. The molecule has 34 heavy (non-hydrogen) atoms. The van der Waals surface area contributed by atoms with Gasteiger partial charge in [-0.3, -0.25) is 14.5 Å². The number of carbonyl (C=O) groups is 2. The van der Waals surface area contributed by atoms with Crippen LogP contribution >= 0.6 is 12.2 Å². The molecule has 1 saturated heterocycles. The van der Waals surface area contributed by atoms with Crippen molar-refractivity contribution in [2.75, 3.05) is 37.1 Å². The van der Waals surface area contributed by atoms with Crippen LogP contribution in [0.3, 0.4) is 0 Å². The third-order valence-electron chi connectivity index (χ3n) is 6.41. The highest BCUT2D eigenvalue weighted by Gasteiger charge is 2.59. The lowest BCUT2D eigenvalue weighted by atomic mass is 9.75. The first-order valence-corrected chi connectivity index (χ1v) is 11.2. The van der Waals surface area contributed by atoms with E-state index in [-0.39, 0.29) is 22.4 Å². The number of benzene rings is 1. The lowest BCUT2D eigenvalue weighted by Gasteiger charge is -2.43. The maximum Gasteiger partial charge on any atom is 0.272 e. The van der Waals surface area contributed by atoms with E-state index in [1.165, 1.54) is 35.2 Å². The van der Waals surface area contributed by atoms with E-state index in [9.17, 15) is 9.59 Å². The van der Waals surface area contributed by atoms with Gasteiger partial charge in [0, 0.05) is 26.4 Å². The van der Waals surface area contributed by atoms with Crippen LogP contribution in [0.25, 0.3) is 4.85 Å². The Bertz CT molecular complexity index is 1220. The molecule has 0 atom stereocenters. The minimum Gasteiger partial charge on any atom is -0.383 e. The van der Waals surface area contributed by atoms with Crippen LogP contribution in [0.5, 0.6) is 0 Å². The largest absolute Gasteiger partial charge is 0.383 e. The van der Waals surface area contributed by atoms with Crippen LogP contribution in [0.15, 0.2) is 30.5 Å². The van der Waals surface area contributed by atoms with E-state index in [2.05, 4.69) is 9.83 Å². The molecule has 2 aromatic rings. The van der Waals surface area contributed by atoms with Gasteiger partial charge in [-0.05, 0) is 68.2 Å². The molecule has 1 aromatic heterocycles. The van der Waals surface area contributed by atoms with Crippen LogP contribution in [-0.4, -0.2) is 59.7 Å². The van der Waals surface area contributed by atoms with Crippen molar-refractivity contribution < 1.29 is 18.7 Å². The van der Waals surface area contributed by atoms with E-state index in [1.807, 2.05) is 0 Å². The van der Waals surface area contributed by atoms with Gasteiger partial charge in [-0.25, -0.2) is 4.39 Å². The Balaban J connectivity index is 1.69. The summed E-state index contributed by atoms with van der Waals surface area (Å²) in [6.07, 6.45) is 3.46. The molecule has 0 radical (unpaired) electrons. The molecule has 0 N–H and O–H groups in total. The molecule has 2 heterocycles. The molecule has 0 unspecified atom stereocenters. The number of carbonyl (C=O) groups excluding carboxylic acids is 2. The topological polar surface area (TPSA) is 70.3 Å². The molecule has 1 saturated carbocycles. The number of thiocarbonyl (C=S) groups is 1. The van der Waals surface area contributed by atoms with Crippen LogP contribution < -0.4 is 9.80 Å². The van der Waals surface area contributed by atoms with Crippen LogP contribution in [0.4, 0.5) is 21.6 Å². The zero-order chi connectivity index (χ0) is 24.6. The molecule has 2 amide bonds. The van der Waals surface area contributed by atoms with E-state index < -0.39 is 17.3 Å². The Kier molecular flexibility index (Phi) is 6.34. The number of likely N-dealkylation sites (N-methyl/N-ethyl adjacent to an activating group) is 1. The monoisotopic (exact) mass is 481 g/mol. The zero-order valence-electron chi connectivity index (χ0n) is 19.2. The lowest BCUT2D eigenvalue weighted by Crippen LogP contribution is -2.55. The van der Waals surface area contributed by atoms with Crippen molar-refractivity contribution in [3.8, 4) is 0 Å². The minimum absolute atomic E-state index is 0.0622. The summed E-state index contributed by atoms with van der Waals surface area (Å²) in [6.45, 7) is 9.62. The Hall–Kier alpha value is -3.42. The first-order chi connectivity index (χ1) is 16.2. The number of aromatic nitrogens is 1. The number of anilines is 2. The number of amides is 2. The molecule has 10 heteroatoms. The summed E-state index contributed by atoms with van der Waals surface area (Å²) in [5.74, 6) is -1.08. The number of aryl methyl sites for hydroxylation is 1. The van der Waals surface area contributed by atoms with E-state index in [0.717, 1.165) is 6.42 Å². The predicted molar refractivity (Wildman–Crippen MR) is 130 cm³/mol. The van der Waals surface area contributed by atoms with Crippen LogP contribution in [0, 0.1) is 19.3 Å². The van der Waals surface area contributed by atoms with E-state index in [1.54, 1.807) is 31.0 Å². The standard InChI is InChI=1S/C24H24FN5O3S/c1-15-12-17(14-27-20(15)26-2)29-22(32)24(8-5-9-24)30(23(29)34)16-6-7-18(19(25)13-16)21(31)28(3)10-11-33-4/h6-7,12-14H,5,8-11H2,1,3-4H3.